The van der Waals surface area contributed by atoms with Crippen LogP contribution in [0.4, 0.5) is 0 Å². The summed E-state index contributed by atoms with van der Waals surface area (Å²) in [4.78, 5) is 12.2. The number of hydrogen-bond acceptors (Lipinski definition) is 5. The van der Waals surface area contributed by atoms with Gasteiger partial charge in [-0.2, -0.15) is 0 Å². The number of aliphatic hydroxyl groups excluding tert-OH is 3. The van der Waals surface area contributed by atoms with Crippen LogP contribution in [0.5, 0.6) is 0 Å². The van der Waals surface area contributed by atoms with E-state index >= 15 is 0 Å². The fourth-order valence-corrected chi connectivity index (χ4v) is 5.67. The molecular formula is C20H30O5. The molecule has 4 atom stereocenters. The maximum Gasteiger partial charge on any atom is 0.334 e. The first-order chi connectivity index (χ1) is 12.0. The maximum absolute atomic E-state index is 12.2. The van der Waals surface area contributed by atoms with E-state index in [1.807, 2.05) is 0 Å². The van der Waals surface area contributed by atoms with Crippen molar-refractivity contribution in [2.45, 2.75) is 45.4 Å². The highest BCUT2D eigenvalue weighted by molar-refractivity contribution is 5.92. The van der Waals surface area contributed by atoms with Crippen LogP contribution in [0.15, 0.2) is 23.3 Å². The molecule has 25 heavy (non-hydrogen) atoms. The zero-order valence-corrected chi connectivity index (χ0v) is 15.0. The molecule has 3 aliphatic rings. The maximum atomic E-state index is 12.2. The van der Waals surface area contributed by atoms with Crippen molar-refractivity contribution in [2.75, 3.05) is 26.4 Å². The second kappa shape index (κ2) is 7.22. The standard InChI is InChI=1S/C20H30O5/c1-19(8-5-14(11-22)7-10-21)15(12-23)6-9-20-13-25-18(24)16(20)3-2-4-17(19)20/h3,7,15,17,21-23H,2,4-6,8-13H2,1H3/b14-7-/t15-,17+,19-,20+/m0/s1. The van der Waals surface area contributed by atoms with Crippen molar-refractivity contribution >= 4 is 5.97 Å². The first-order valence-corrected chi connectivity index (χ1v) is 9.40. The lowest BCUT2D eigenvalue weighted by molar-refractivity contribution is -0.135. The molecule has 1 spiro atoms. The van der Waals surface area contributed by atoms with Gasteiger partial charge in [0.05, 0.1) is 13.2 Å². The highest BCUT2D eigenvalue weighted by atomic mass is 16.5. The van der Waals surface area contributed by atoms with Gasteiger partial charge in [0.1, 0.15) is 6.61 Å². The van der Waals surface area contributed by atoms with E-state index in [0.29, 0.717) is 18.9 Å². The summed E-state index contributed by atoms with van der Waals surface area (Å²) in [6.07, 6.45) is 8.93. The fraction of sp³-hybridized carbons (Fsp3) is 0.750. The predicted molar refractivity (Wildman–Crippen MR) is 93.6 cm³/mol. The molecule has 0 radical (unpaired) electrons. The summed E-state index contributed by atoms with van der Waals surface area (Å²) in [5.41, 5.74) is 1.38. The van der Waals surface area contributed by atoms with Crippen LogP contribution < -0.4 is 0 Å². The Kier molecular flexibility index (Phi) is 5.37. The van der Waals surface area contributed by atoms with Gasteiger partial charge in [-0.25, -0.2) is 4.79 Å². The van der Waals surface area contributed by atoms with Gasteiger partial charge in [0, 0.05) is 17.6 Å². The molecule has 1 saturated carbocycles. The Bertz CT molecular complexity index is 581. The van der Waals surface area contributed by atoms with Crippen molar-refractivity contribution in [1.29, 1.82) is 0 Å². The summed E-state index contributed by atoms with van der Waals surface area (Å²) in [7, 11) is 0. The predicted octanol–water partition coefficient (Wildman–Crippen LogP) is 1.97. The van der Waals surface area contributed by atoms with Gasteiger partial charge in [-0.1, -0.05) is 19.1 Å². The van der Waals surface area contributed by atoms with E-state index in [4.69, 9.17) is 9.84 Å². The molecule has 3 N–H and O–H groups in total. The summed E-state index contributed by atoms with van der Waals surface area (Å²) in [5, 5.41) is 28.6. The van der Waals surface area contributed by atoms with Crippen molar-refractivity contribution in [1.82, 2.24) is 0 Å². The summed E-state index contributed by atoms with van der Waals surface area (Å²) in [6, 6.07) is 0. The molecule has 0 aromatic heterocycles. The molecule has 2 fully saturated rings. The van der Waals surface area contributed by atoms with Crippen LogP contribution in [0.3, 0.4) is 0 Å². The minimum atomic E-state index is -0.199. The largest absolute Gasteiger partial charge is 0.461 e. The van der Waals surface area contributed by atoms with Crippen LogP contribution in [-0.2, 0) is 9.53 Å². The van der Waals surface area contributed by atoms with Crippen LogP contribution in [0.2, 0.25) is 0 Å². The zero-order chi connectivity index (χ0) is 18.1. The molecule has 0 bridgehead atoms. The Labute approximate surface area is 149 Å². The number of ether oxygens (including phenoxy) is 1. The normalized spacial score (nSPS) is 38.0. The molecule has 1 saturated heterocycles. The van der Waals surface area contributed by atoms with E-state index in [9.17, 15) is 15.0 Å². The van der Waals surface area contributed by atoms with Crippen molar-refractivity contribution in [2.24, 2.45) is 22.7 Å². The lowest BCUT2D eigenvalue weighted by atomic mass is 9.46. The molecule has 3 rings (SSSR count). The molecule has 0 amide bonds. The number of carbonyl (C=O) groups excluding carboxylic acids is 1. The SMILES string of the molecule is C[C@]1(CC/C(=C/CO)CO)[C@H](CO)CC[C@@]23COC(=O)C2=CCC[C@@H]31. The van der Waals surface area contributed by atoms with Crippen LogP contribution in [0.1, 0.15) is 45.4 Å². The Hall–Kier alpha value is -1.17. The lowest BCUT2D eigenvalue weighted by Gasteiger charge is -2.57. The Morgan fingerprint density at radius 1 is 1.36 bits per heavy atom. The highest BCUT2D eigenvalue weighted by Gasteiger charge is 2.61. The van der Waals surface area contributed by atoms with Crippen molar-refractivity contribution in [3.8, 4) is 0 Å². The molecule has 0 aromatic carbocycles. The monoisotopic (exact) mass is 350 g/mol. The van der Waals surface area contributed by atoms with Crippen LogP contribution in [-0.4, -0.2) is 47.7 Å². The number of hydrogen-bond donors (Lipinski definition) is 3. The fourth-order valence-electron chi connectivity index (χ4n) is 5.67. The third-order valence-corrected chi connectivity index (χ3v) is 7.14. The third kappa shape index (κ3) is 2.96. The number of rotatable bonds is 6. The highest BCUT2D eigenvalue weighted by Crippen LogP contribution is 2.63. The smallest absolute Gasteiger partial charge is 0.334 e. The number of carbonyl (C=O) groups is 1. The van der Waals surface area contributed by atoms with E-state index < -0.39 is 0 Å². The van der Waals surface area contributed by atoms with Gasteiger partial charge in [-0.3, -0.25) is 0 Å². The molecule has 5 nitrogen and oxygen atoms in total. The van der Waals surface area contributed by atoms with Gasteiger partial charge in [0.15, 0.2) is 0 Å². The van der Waals surface area contributed by atoms with Crippen LogP contribution in [0, 0.1) is 22.7 Å². The summed E-state index contributed by atoms with van der Waals surface area (Å²) < 4.78 is 5.45. The molecular weight excluding hydrogens is 320 g/mol. The van der Waals surface area contributed by atoms with Crippen LogP contribution in [0.25, 0.3) is 0 Å². The van der Waals surface area contributed by atoms with Crippen molar-refractivity contribution in [3.63, 3.8) is 0 Å². The minimum Gasteiger partial charge on any atom is -0.461 e. The zero-order valence-electron chi connectivity index (χ0n) is 15.0. The van der Waals surface area contributed by atoms with E-state index in [1.54, 1.807) is 6.08 Å². The average molecular weight is 350 g/mol. The van der Waals surface area contributed by atoms with E-state index in [-0.39, 0.29) is 42.5 Å². The molecule has 1 aliphatic heterocycles. The summed E-state index contributed by atoms with van der Waals surface area (Å²) in [6.45, 7) is 2.73. The van der Waals surface area contributed by atoms with Gasteiger partial charge < -0.3 is 20.1 Å². The Morgan fingerprint density at radius 2 is 2.16 bits per heavy atom. The first kappa shape index (κ1) is 18.6. The average Bonchev–Trinajstić information content (AvgIpc) is 2.95. The van der Waals surface area contributed by atoms with Crippen molar-refractivity contribution < 1.29 is 24.9 Å². The first-order valence-electron chi connectivity index (χ1n) is 9.40. The Balaban J connectivity index is 1.91. The van der Waals surface area contributed by atoms with Gasteiger partial charge in [-0.15, -0.1) is 0 Å². The van der Waals surface area contributed by atoms with E-state index in [0.717, 1.165) is 43.3 Å². The lowest BCUT2D eigenvalue weighted by Crippen LogP contribution is -2.53. The third-order valence-electron chi connectivity index (χ3n) is 7.14. The second-order valence-corrected chi connectivity index (χ2v) is 8.11. The number of aliphatic hydroxyl groups is 3. The van der Waals surface area contributed by atoms with Crippen LogP contribution >= 0.6 is 0 Å². The van der Waals surface area contributed by atoms with Gasteiger partial charge in [0.25, 0.3) is 0 Å². The summed E-state index contributed by atoms with van der Waals surface area (Å²) >= 11 is 0. The van der Waals surface area contributed by atoms with Gasteiger partial charge in [-0.05, 0) is 61.3 Å². The quantitative estimate of drug-likeness (QED) is 0.504. The topological polar surface area (TPSA) is 87.0 Å². The number of cyclic esters (lactones) is 1. The van der Waals surface area contributed by atoms with E-state index in [1.165, 1.54) is 0 Å². The number of allylic oxidation sites excluding steroid dienone is 1. The second-order valence-electron chi connectivity index (χ2n) is 8.11. The molecule has 5 heteroatoms. The van der Waals surface area contributed by atoms with Gasteiger partial charge in [0.2, 0.25) is 0 Å². The summed E-state index contributed by atoms with van der Waals surface area (Å²) in [5.74, 6) is 0.324. The Morgan fingerprint density at radius 3 is 2.84 bits per heavy atom. The van der Waals surface area contributed by atoms with Crippen molar-refractivity contribution in [3.05, 3.63) is 23.3 Å². The van der Waals surface area contributed by atoms with E-state index in [2.05, 4.69) is 13.0 Å². The number of esters is 1. The minimum absolute atomic E-state index is 0.0526. The molecule has 2 aliphatic carbocycles. The van der Waals surface area contributed by atoms with Gasteiger partial charge >= 0.3 is 5.97 Å². The molecule has 1 heterocycles. The molecule has 140 valence electrons. The molecule has 0 unspecified atom stereocenters. The molecule has 0 aromatic rings.